The minimum atomic E-state index is 0.512. The van der Waals surface area contributed by atoms with Crippen molar-refractivity contribution >= 4 is 17.4 Å². The Kier molecular flexibility index (Phi) is 5.19. The van der Waals surface area contributed by atoms with Crippen LogP contribution in [0, 0.1) is 19.8 Å². The fourth-order valence-corrected chi connectivity index (χ4v) is 1.92. The van der Waals surface area contributed by atoms with E-state index in [1.54, 1.807) is 0 Å². The van der Waals surface area contributed by atoms with Crippen LogP contribution in [0.4, 0.5) is 5.82 Å². The van der Waals surface area contributed by atoms with E-state index in [-0.39, 0.29) is 0 Å². The van der Waals surface area contributed by atoms with E-state index in [1.807, 2.05) is 13.8 Å². The molecule has 0 fully saturated rings. The molecule has 4 heteroatoms. The molecule has 1 atom stereocenters. The predicted molar refractivity (Wildman–Crippen MR) is 73.9 cm³/mol. The van der Waals surface area contributed by atoms with Crippen molar-refractivity contribution in [2.24, 2.45) is 5.92 Å². The van der Waals surface area contributed by atoms with Crippen molar-refractivity contribution in [3.8, 4) is 0 Å². The highest BCUT2D eigenvalue weighted by Gasteiger charge is 2.15. The fraction of sp³-hybridized carbons (Fsp3) is 0.692. The van der Waals surface area contributed by atoms with Crippen LogP contribution in [0.5, 0.6) is 0 Å². The van der Waals surface area contributed by atoms with Gasteiger partial charge in [0.25, 0.3) is 0 Å². The summed E-state index contributed by atoms with van der Waals surface area (Å²) in [6.45, 7) is 12.3. The topological polar surface area (TPSA) is 29.0 Å². The highest BCUT2D eigenvalue weighted by molar-refractivity contribution is 6.31. The molecule has 0 aromatic carbocycles. The van der Waals surface area contributed by atoms with Gasteiger partial charge in [-0.3, -0.25) is 0 Å². The van der Waals surface area contributed by atoms with Crippen LogP contribution >= 0.6 is 11.6 Å². The number of rotatable bonds is 5. The van der Waals surface area contributed by atoms with Crippen LogP contribution in [0.25, 0.3) is 0 Å². The Labute approximate surface area is 109 Å². The van der Waals surface area contributed by atoms with Gasteiger partial charge >= 0.3 is 0 Å². The Morgan fingerprint density at radius 2 is 1.76 bits per heavy atom. The van der Waals surface area contributed by atoms with E-state index < -0.39 is 0 Å². The third-order valence-corrected chi connectivity index (χ3v) is 3.41. The summed E-state index contributed by atoms with van der Waals surface area (Å²) < 4.78 is 0. The molecule has 1 heterocycles. The van der Waals surface area contributed by atoms with E-state index in [2.05, 4.69) is 35.6 Å². The van der Waals surface area contributed by atoms with Crippen molar-refractivity contribution in [2.45, 2.75) is 41.0 Å². The maximum absolute atomic E-state index is 6.19. The third kappa shape index (κ3) is 3.56. The van der Waals surface area contributed by atoms with Gasteiger partial charge in [-0.15, -0.1) is 0 Å². The molecule has 1 aromatic heterocycles. The molecule has 0 amide bonds. The van der Waals surface area contributed by atoms with Gasteiger partial charge < -0.3 is 4.90 Å². The molecule has 0 aliphatic rings. The first kappa shape index (κ1) is 14.2. The Morgan fingerprint density at radius 1 is 1.18 bits per heavy atom. The van der Waals surface area contributed by atoms with Gasteiger partial charge in [0.05, 0.1) is 11.4 Å². The molecule has 1 rings (SSSR count). The lowest BCUT2D eigenvalue weighted by Crippen LogP contribution is -2.29. The number of nitrogens with zero attached hydrogens (tertiary/aromatic N) is 3. The molecule has 0 saturated heterocycles. The zero-order chi connectivity index (χ0) is 13.0. The summed E-state index contributed by atoms with van der Waals surface area (Å²) >= 11 is 6.19. The Balaban J connectivity index is 2.99. The average molecular weight is 256 g/mol. The lowest BCUT2D eigenvalue weighted by Gasteiger charge is -2.26. The van der Waals surface area contributed by atoms with Crippen LogP contribution in [0.2, 0.25) is 5.15 Å². The van der Waals surface area contributed by atoms with E-state index >= 15 is 0 Å². The molecule has 1 aromatic rings. The number of hydrogen-bond donors (Lipinski definition) is 0. The standard InChI is InChI=1S/C13H22ClN3/c1-6-9(3)8-17(7-2)13-12(14)15-10(4)11(5)16-13/h9H,6-8H2,1-5H3. The fourth-order valence-electron chi connectivity index (χ4n) is 1.64. The molecule has 1 unspecified atom stereocenters. The van der Waals surface area contributed by atoms with Crippen LogP contribution in [-0.4, -0.2) is 23.1 Å². The summed E-state index contributed by atoms with van der Waals surface area (Å²) in [5, 5.41) is 0.512. The van der Waals surface area contributed by atoms with Crippen molar-refractivity contribution in [3.05, 3.63) is 16.5 Å². The molecule has 0 aliphatic carbocycles. The second-order valence-corrected chi connectivity index (χ2v) is 4.92. The van der Waals surface area contributed by atoms with Crippen molar-refractivity contribution in [1.29, 1.82) is 0 Å². The third-order valence-electron chi connectivity index (χ3n) is 3.16. The molecular formula is C13H22ClN3. The summed E-state index contributed by atoms with van der Waals surface area (Å²) in [4.78, 5) is 11.1. The molecule has 17 heavy (non-hydrogen) atoms. The first-order valence-corrected chi connectivity index (χ1v) is 6.63. The Bertz CT molecular complexity index is 379. The quantitative estimate of drug-likeness (QED) is 0.805. The summed E-state index contributed by atoms with van der Waals surface area (Å²) in [6.07, 6.45) is 1.16. The predicted octanol–water partition coefficient (Wildman–Crippen LogP) is 3.62. The number of aryl methyl sites for hydroxylation is 2. The molecule has 3 nitrogen and oxygen atoms in total. The maximum Gasteiger partial charge on any atom is 0.171 e. The molecule has 0 saturated carbocycles. The SMILES string of the molecule is CCC(C)CN(CC)c1nc(C)c(C)nc1Cl. The van der Waals surface area contributed by atoms with Crippen LogP contribution in [0.1, 0.15) is 38.6 Å². The number of halogens is 1. The summed E-state index contributed by atoms with van der Waals surface area (Å²) in [6, 6.07) is 0. The summed E-state index contributed by atoms with van der Waals surface area (Å²) in [5.41, 5.74) is 1.85. The van der Waals surface area contributed by atoms with Crippen molar-refractivity contribution in [3.63, 3.8) is 0 Å². The van der Waals surface area contributed by atoms with E-state index in [0.717, 1.165) is 36.7 Å². The smallest absolute Gasteiger partial charge is 0.171 e. The number of anilines is 1. The van der Waals surface area contributed by atoms with Crippen LogP contribution in [-0.2, 0) is 0 Å². The zero-order valence-corrected chi connectivity index (χ0v) is 12.2. The van der Waals surface area contributed by atoms with Gasteiger partial charge in [0.1, 0.15) is 0 Å². The second kappa shape index (κ2) is 6.20. The first-order chi connectivity index (χ1) is 7.99. The molecule has 0 N–H and O–H groups in total. The largest absolute Gasteiger partial charge is 0.354 e. The van der Waals surface area contributed by atoms with Crippen molar-refractivity contribution in [1.82, 2.24) is 9.97 Å². The van der Waals surface area contributed by atoms with Gasteiger partial charge in [0, 0.05) is 13.1 Å². The average Bonchev–Trinajstić information content (AvgIpc) is 2.30. The zero-order valence-electron chi connectivity index (χ0n) is 11.4. The maximum atomic E-state index is 6.19. The van der Waals surface area contributed by atoms with E-state index in [9.17, 15) is 0 Å². The second-order valence-electron chi connectivity index (χ2n) is 4.56. The molecule has 0 spiro atoms. The minimum Gasteiger partial charge on any atom is -0.354 e. The Morgan fingerprint density at radius 3 is 2.29 bits per heavy atom. The van der Waals surface area contributed by atoms with Gasteiger partial charge in [-0.25, -0.2) is 9.97 Å². The monoisotopic (exact) mass is 255 g/mol. The number of hydrogen-bond acceptors (Lipinski definition) is 3. The normalized spacial score (nSPS) is 12.6. The summed E-state index contributed by atoms with van der Waals surface area (Å²) in [5.74, 6) is 1.45. The highest BCUT2D eigenvalue weighted by atomic mass is 35.5. The summed E-state index contributed by atoms with van der Waals surface area (Å²) in [7, 11) is 0. The molecule has 0 aliphatic heterocycles. The molecule has 96 valence electrons. The van der Waals surface area contributed by atoms with Crippen LogP contribution < -0.4 is 4.90 Å². The van der Waals surface area contributed by atoms with Crippen LogP contribution in [0.3, 0.4) is 0 Å². The molecule has 0 radical (unpaired) electrons. The lowest BCUT2D eigenvalue weighted by atomic mass is 10.1. The van der Waals surface area contributed by atoms with Crippen molar-refractivity contribution in [2.75, 3.05) is 18.0 Å². The molecular weight excluding hydrogens is 234 g/mol. The van der Waals surface area contributed by atoms with Gasteiger partial charge in [-0.1, -0.05) is 31.9 Å². The first-order valence-electron chi connectivity index (χ1n) is 6.25. The lowest BCUT2D eigenvalue weighted by molar-refractivity contribution is 0.545. The minimum absolute atomic E-state index is 0.512. The Hall–Kier alpha value is -0.830. The van der Waals surface area contributed by atoms with Gasteiger partial charge in [-0.05, 0) is 26.7 Å². The molecule has 0 bridgehead atoms. The van der Waals surface area contributed by atoms with E-state index in [1.165, 1.54) is 0 Å². The van der Waals surface area contributed by atoms with Crippen molar-refractivity contribution < 1.29 is 0 Å². The van der Waals surface area contributed by atoms with E-state index in [4.69, 9.17) is 11.6 Å². The van der Waals surface area contributed by atoms with Crippen LogP contribution in [0.15, 0.2) is 0 Å². The van der Waals surface area contributed by atoms with Gasteiger partial charge in [0.2, 0.25) is 0 Å². The van der Waals surface area contributed by atoms with Gasteiger partial charge in [-0.2, -0.15) is 0 Å². The highest BCUT2D eigenvalue weighted by Crippen LogP contribution is 2.23. The van der Waals surface area contributed by atoms with Gasteiger partial charge in [0.15, 0.2) is 11.0 Å². The number of aromatic nitrogens is 2. The van der Waals surface area contributed by atoms with E-state index in [0.29, 0.717) is 11.1 Å².